The van der Waals surface area contributed by atoms with Gasteiger partial charge in [-0.05, 0) is 57.9 Å². The maximum absolute atomic E-state index is 11.7. The average Bonchev–Trinajstić information content (AvgIpc) is 2.77. The van der Waals surface area contributed by atoms with Crippen molar-refractivity contribution in [2.24, 2.45) is 0 Å². The topological polar surface area (TPSA) is 63.2 Å². The number of nitrogens with one attached hydrogen (secondary N) is 1. The van der Waals surface area contributed by atoms with Crippen molar-refractivity contribution in [2.75, 3.05) is 6.26 Å². The lowest BCUT2D eigenvalue weighted by Crippen LogP contribution is -2.27. The smallest absolute Gasteiger partial charge is 0.257 e. The highest BCUT2D eigenvalue weighted by Crippen LogP contribution is 2.40. The first-order valence-electron chi connectivity index (χ1n) is 10.1. The van der Waals surface area contributed by atoms with E-state index in [0.29, 0.717) is 0 Å². The van der Waals surface area contributed by atoms with Gasteiger partial charge in [-0.2, -0.15) is 0 Å². The van der Waals surface area contributed by atoms with Gasteiger partial charge in [-0.3, -0.25) is 4.79 Å². The molecule has 1 aliphatic rings. The van der Waals surface area contributed by atoms with Crippen molar-refractivity contribution in [1.82, 2.24) is 4.72 Å². The van der Waals surface area contributed by atoms with Crippen LogP contribution in [-0.4, -0.2) is 20.6 Å². The van der Waals surface area contributed by atoms with Gasteiger partial charge in [0.25, 0.3) is 5.91 Å². The zero-order valence-electron chi connectivity index (χ0n) is 17.2. The second-order valence-corrected chi connectivity index (χ2v) is 9.32. The minimum absolute atomic E-state index is 0.665. The Balaban J connectivity index is 1.70. The van der Waals surface area contributed by atoms with Crippen molar-refractivity contribution < 1.29 is 13.2 Å². The number of hydrogen-bond acceptors (Lipinski definition) is 3. The quantitative estimate of drug-likeness (QED) is 0.599. The molecule has 1 aliphatic carbocycles. The molecule has 0 aliphatic heterocycles. The fraction of sp³-hybridized carbons (Fsp3) is 0.115. The van der Waals surface area contributed by atoms with Crippen molar-refractivity contribution in [3.05, 3.63) is 113 Å². The van der Waals surface area contributed by atoms with Crippen LogP contribution in [0.2, 0.25) is 0 Å². The number of amides is 1. The second kappa shape index (κ2) is 8.74. The first-order valence-corrected chi connectivity index (χ1v) is 12.0. The lowest BCUT2D eigenvalue weighted by Gasteiger charge is -2.24. The van der Waals surface area contributed by atoms with E-state index < -0.39 is 15.9 Å². The molecule has 3 aromatic carbocycles. The number of sulfonamides is 1. The molecule has 0 saturated carbocycles. The number of fused-ring (bicyclic) bond motifs is 1. The summed E-state index contributed by atoms with van der Waals surface area (Å²) >= 11 is 0. The third-order valence-electron chi connectivity index (χ3n) is 5.27. The van der Waals surface area contributed by atoms with Crippen molar-refractivity contribution in [3.63, 3.8) is 0 Å². The lowest BCUT2D eigenvalue weighted by molar-refractivity contribution is -0.114. The van der Waals surface area contributed by atoms with Gasteiger partial charge in [0, 0.05) is 6.08 Å². The number of hydrogen-bond donors (Lipinski definition) is 1. The molecule has 5 heteroatoms. The van der Waals surface area contributed by atoms with Gasteiger partial charge >= 0.3 is 0 Å². The summed E-state index contributed by atoms with van der Waals surface area (Å²) in [5.41, 5.74) is 8.33. The summed E-state index contributed by atoms with van der Waals surface area (Å²) in [6, 6.07) is 27.0. The summed E-state index contributed by atoms with van der Waals surface area (Å²) < 4.78 is 24.2. The second-order valence-electron chi connectivity index (χ2n) is 7.57. The molecule has 31 heavy (non-hydrogen) atoms. The third kappa shape index (κ3) is 5.01. The number of carbonyl (C=O) groups is 1. The van der Waals surface area contributed by atoms with Crippen LogP contribution in [0.1, 0.15) is 34.2 Å². The van der Waals surface area contributed by atoms with E-state index in [1.165, 1.54) is 33.9 Å². The van der Waals surface area contributed by atoms with Crippen LogP contribution in [0.25, 0.3) is 17.2 Å². The zero-order chi connectivity index (χ0) is 21.8. The average molecular weight is 430 g/mol. The van der Waals surface area contributed by atoms with Gasteiger partial charge in [0.15, 0.2) is 0 Å². The number of aryl methyl sites for hydroxylation is 1. The molecule has 0 atom stereocenters. The van der Waals surface area contributed by atoms with E-state index in [1.54, 1.807) is 6.08 Å². The van der Waals surface area contributed by atoms with E-state index in [-0.39, 0.29) is 0 Å². The summed E-state index contributed by atoms with van der Waals surface area (Å²) in [6.45, 7) is 0. The Kier molecular flexibility index (Phi) is 5.87. The third-order valence-corrected chi connectivity index (χ3v) is 5.84. The van der Waals surface area contributed by atoms with Crippen LogP contribution in [0.15, 0.2) is 84.9 Å². The highest BCUT2D eigenvalue weighted by molar-refractivity contribution is 7.89. The monoisotopic (exact) mass is 429 g/mol. The van der Waals surface area contributed by atoms with Crippen molar-refractivity contribution in [2.45, 2.75) is 12.8 Å². The largest absolute Gasteiger partial charge is 0.269 e. The van der Waals surface area contributed by atoms with Gasteiger partial charge in [-0.1, -0.05) is 78.9 Å². The molecule has 1 amide bonds. The van der Waals surface area contributed by atoms with Gasteiger partial charge in [0.2, 0.25) is 10.0 Å². The van der Waals surface area contributed by atoms with Crippen LogP contribution in [0, 0.1) is 0 Å². The Morgan fingerprint density at radius 1 is 0.839 bits per heavy atom. The fourth-order valence-electron chi connectivity index (χ4n) is 3.94. The van der Waals surface area contributed by atoms with Crippen LogP contribution in [0.5, 0.6) is 0 Å². The van der Waals surface area contributed by atoms with E-state index in [1.807, 2.05) is 22.9 Å². The maximum atomic E-state index is 11.7. The normalized spacial score (nSPS) is 13.8. The molecule has 1 N–H and O–H groups in total. The number of rotatable bonds is 5. The highest BCUT2D eigenvalue weighted by Gasteiger charge is 2.21. The predicted molar refractivity (Wildman–Crippen MR) is 126 cm³/mol. The summed E-state index contributed by atoms with van der Waals surface area (Å²) in [6.07, 6.45) is 5.77. The molecule has 0 fully saturated rings. The van der Waals surface area contributed by atoms with Gasteiger partial charge in [-0.15, -0.1) is 0 Å². The number of benzene rings is 3. The molecule has 156 valence electrons. The van der Waals surface area contributed by atoms with E-state index in [9.17, 15) is 13.2 Å². The molecule has 0 radical (unpaired) electrons. The van der Waals surface area contributed by atoms with Crippen molar-refractivity contribution >= 4 is 33.2 Å². The van der Waals surface area contributed by atoms with Crippen LogP contribution in [0.4, 0.5) is 0 Å². The van der Waals surface area contributed by atoms with Crippen molar-refractivity contribution in [3.8, 4) is 0 Å². The molecule has 4 rings (SSSR count). The molecule has 0 spiro atoms. The summed E-state index contributed by atoms with van der Waals surface area (Å²) in [4.78, 5) is 11.7. The zero-order valence-corrected chi connectivity index (χ0v) is 18.0. The molecular formula is C26H23NO3S. The molecule has 3 aromatic rings. The molecule has 0 aromatic heterocycles. The first-order chi connectivity index (χ1) is 14.9. The van der Waals surface area contributed by atoms with Gasteiger partial charge in [0.05, 0.1) is 6.26 Å². The Hall–Kier alpha value is -3.44. The Morgan fingerprint density at radius 2 is 1.52 bits per heavy atom. The molecule has 0 heterocycles. The SMILES string of the molecule is CS(=O)(=O)NC(=O)C=Cc1ccc(C2=C(c3ccccc3)CCc3ccccc32)cc1. The maximum Gasteiger partial charge on any atom is 0.257 e. The van der Waals surface area contributed by atoms with Crippen molar-refractivity contribution in [1.29, 1.82) is 0 Å². The fourth-order valence-corrected chi connectivity index (χ4v) is 4.37. The van der Waals surface area contributed by atoms with E-state index >= 15 is 0 Å². The molecule has 4 nitrogen and oxygen atoms in total. The number of carbonyl (C=O) groups excluding carboxylic acids is 1. The van der Waals surface area contributed by atoms with Crippen LogP contribution < -0.4 is 4.72 Å². The lowest BCUT2D eigenvalue weighted by atomic mass is 9.79. The van der Waals surface area contributed by atoms with Crippen LogP contribution >= 0.6 is 0 Å². The van der Waals surface area contributed by atoms with Gasteiger partial charge in [-0.25, -0.2) is 13.1 Å². The summed E-state index contributed by atoms with van der Waals surface area (Å²) in [7, 11) is -3.57. The summed E-state index contributed by atoms with van der Waals surface area (Å²) in [5, 5.41) is 0. The highest BCUT2D eigenvalue weighted by atomic mass is 32.2. The molecule has 0 saturated heterocycles. The van der Waals surface area contributed by atoms with Crippen LogP contribution in [-0.2, 0) is 21.2 Å². The predicted octanol–water partition coefficient (Wildman–Crippen LogP) is 4.68. The first kappa shape index (κ1) is 20.8. The Morgan fingerprint density at radius 3 is 2.23 bits per heavy atom. The van der Waals surface area contributed by atoms with Gasteiger partial charge in [0.1, 0.15) is 0 Å². The molecule has 0 bridgehead atoms. The molecule has 0 unspecified atom stereocenters. The van der Waals surface area contributed by atoms with E-state index in [0.717, 1.165) is 30.2 Å². The Labute approximate surface area is 183 Å². The minimum Gasteiger partial charge on any atom is -0.269 e. The van der Waals surface area contributed by atoms with E-state index in [4.69, 9.17) is 0 Å². The molecular weight excluding hydrogens is 406 g/mol. The van der Waals surface area contributed by atoms with Crippen LogP contribution in [0.3, 0.4) is 0 Å². The number of allylic oxidation sites excluding steroid dienone is 1. The Bertz CT molecular complexity index is 1270. The minimum atomic E-state index is -3.57. The summed E-state index contributed by atoms with van der Waals surface area (Å²) in [5.74, 6) is -0.665. The van der Waals surface area contributed by atoms with E-state index in [2.05, 4.69) is 60.7 Å². The van der Waals surface area contributed by atoms with Gasteiger partial charge < -0.3 is 0 Å². The standard InChI is InChI=1S/C26H23NO3S/c1-31(29,30)27-25(28)18-13-19-11-14-22(15-12-19)26-23-10-6-5-9-21(23)16-17-24(26)20-7-3-2-4-8-20/h2-15,18H,16-17H2,1H3,(H,27,28).